The molecular formula is C23H26N4O5. The first-order valence-corrected chi connectivity index (χ1v) is 10.8. The van der Waals surface area contributed by atoms with Crippen molar-refractivity contribution in [3.05, 3.63) is 57.8 Å². The molecule has 2 aromatic heterocycles. The third-order valence-electron chi connectivity index (χ3n) is 5.70. The number of aromatic nitrogens is 4. The highest BCUT2D eigenvalue weighted by Gasteiger charge is 2.22. The van der Waals surface area contributed by atoms with Crippen LogP contribution in [0.15, 0.2) is 35.1 Å². The number of nitrogens with one attached hydrogen (secondary N) is 1. The second-order valence-electron chi connectivity index (χ2n) is 8.10. The fourth-order valence-corrected chi connectivity index (χ4v) is 4.05. The van der Waals surface area contributed by atoms with Gasteiger partial charge in [0.25, 0.3) is 0 Å². The SMILES string of the molecule is Cc1cc(C(C)Oc2ccc3c(c2)CCn2c-3cc(OCC3COCCO3)nc2=O)n[nH]1. The normalized spacial score (nSPS) is 18.5. The molecule has 3 aromatic rings. The Labute approximate surface area is 185 Å². The average molecular weight is 438 g/mol. The van der Waals surface area contributed by atoms with Gasteiger partial charge in [-0.25, -0.2) is 4.79 Å². The summed E-state index contributed by atoms with van der Waals surface area (Å²) in [4.78, 5) is 16.7. The standard InChI is InChI=1S/C23H26N4O5/c1-14-9-20(26-25-14)15(2)32-17-3-4-19-16(10-17)5-6-27-21(19)11-22(24-23(27)28)31-13-18-12-29-7-8-30-18/h3-4,9-11,15,18H,5-8,12-13H2,1-2H3,(H,25,26). The Balaban J connectivity index is 1.36. The zero-order valence-electron chi connectivity index (χ0n) is 18.2. The number of hydrogen-bond acceptors (Lipinski definition) is 7. The molecule has 1 aromatic carbocycles. The van der Waals surface area contributed by atoms with Crippen LogP contribution < -0.4 is 15.2 Å². The molecule has 0 radical (unpaired) electrons. The van der Waals surface area contributed by atoms with Crippen LogP contribution in [-0.2, 0) is 22.4 Å². The van der Waals surface area contributed by atoms with Crippen molar-refractivity contribution in [3.8, 4) is 22.9 Å². The Morgan fingerprint density at radius 2 is 2.19 bits per heavy atom. The lowest BCUT2D eigenvalue weighted by Crippen LogP contribution is -2.34. The van der Waals surface area contributed by atoms with E-state index >= 15 is 0 Å². The predicted molar refractivity (Wildman–Crippen MR) is 116 cm³/mol. The van der Waals surface area contributed by atoms with E-state index in [0.29, 0.717) is 38.9 Å². The van der Waals surface area contributed by atoms with E-state index in [-0.39, 0.29) is 17.9 Å². The van der Waals surface area contributed by atoms with Gasteiger partial charge in [0, 0.05) is 23.9 Å². The number of benzene rings is 1. The maximum Gasteiger partial charge on any atom is 0.351 e. The first-order chi connectivity index (χ1) is 15.6. The van der Waals surface area contributed by atoms with Gasteiger partial charge in [0.1, 0.15) is 30.3 Å². The molecule has 32 heavy (non-hydrogen) atoms. The summed E-state index contributed by atoms with van der Waals surface area (Å²) >= 11 is 0. The van der Waals surface area contributed by atoms with Crippen molar-refractivity contribution in [2.24, 2.45) is 0 Å². The van der Waals surface area contributed by atoms with Gasteiger partial charge in [0.15, 0.2) is 0 Å². The Hall–Kier alpha value is -3.17. The molecule has 2 aliphatic heterocycles. The number of nitrogens with zero attached hydrogens (tertiary/aromatic N) is 3. The third-order valence-corrected chi connectivity index (χ3v) is 5.70. The highest BCUT2D eigenvalue weighted by Crippen LogP contribution is 2.33. The van der Waals surface area contributed by atoms with Crippen molar-refractivity contribution >= 4 is 0 Å². The Morgan fingerprint density at radius 1 is 1.28 bits per heavy atom. The molecule has 9 nitrogen and oxygen atoms in total. The Kier molecular flexibility index (Phi) is 5.67. The maximum absolute atomic E-state index is 12.6. The zero-order valence-corrected chi connectivity index (χ0v) is 18.2. The monoisotopic (exact) mass is 438 g/mol. The summed E-state index contributed by atoms with van der Waals surface area (Å²) < 4.78 is 24.5. The molecule has 2 aliphatic rings. The number of ether oxygens (including phenoxy) is 4. The summed E-state index contributed by atoms with van der Waals surface area (Å²) in [6.45, 7) is 6.41. The van der Waals surface area contributed by atoms with Crippen molar-refractivity contribution in [3.63, 3.8) is 0 Å². The average Bonchev–Trinajstić information content (AvgIpc) is 3.24. The number of H-pyrrole nitrogens is 1. The third kappa shape index (κ3) is 4.26. The molecule has 0 bridgehead atoms. The first kappa shape index (κ1) is 20.7. The highest BCUT2D eigenvalue weighted by atomic mass is 16.6. The van der Waals surface area contributed by atoms with Crippen molar-refractivity contribution in [1.29, 1.82) is 0 Å². The van der Waals surface area contributed by atoms with Crippen LogP contribution >= 0.6 is 0 Å². The fourth-order valence-electron chi connectivity index (χ4n) is 4.05. The zero-order chi connectivity index (χ0) is 22.1. The molecule has 4 heterocycles. The minimum absolute atomic E-state index is 0.156. The van der Waals surface area contributed by atoms with Crippen LogP contribution in [0.2, 0.25) is 0 Å². The van der Waals surface area contributed by atoms with Gasteiger partial charge in [0.2, 0.25) is 5.88 Å². The molecular weight excluding hydrogens is 412 g/mol. The topological polar surface area (TPSA) is 100 Å². The lowest BCUT2D eigenvalue weighted by Gasteiger charge is -2.24. The minimum atomic E-state index is -0.313. The summed E-state index contributed by atoms with van der Waals surface area (Å²) in [7, 11) is 0. The molecule has 1 saturated heterocycles. The molecule has 0 amide bonds. The van der Waals surface area contributed by atoms with Gasteiger partial charge in [-0.15, -0.1) is 0 Å². The molecule has 5 rings (SSSR count). The van der Waals surface area contributed by atoms with Gasteiger partial charge in [-0.3, -0.25) is 9.67 Å². The van der Waals surface area contributed by atoms with Crippen molar-refractivity contribution in [2.75, 3.05) is 26.4 Å². The van der Waals surface area contributed by atoms with Crippen LogP contribution in [0, 0.1) is 6.92 Å². The fraction of sp³-hybridized carbons (Fsp3) is 0.435. The number of fused-ring (bicyclic) bond motifs is 3. The second-order valence-corrected chi connectivity index (χ2v) is 8.10. The van der Waals surface area contributed by atoms with Crippen molar-refractivity contribution < 1.29 is 18.9 Å². The van der Waals surface area contributed by atoms with Crippen molar-refractivity contribution in [2.45, 2.75) is 39.0 Å². The largest absolute Gasteiger partial charge is 0.484 e. The van der Waals surface area contributed by atoms with E-state index in [1.54, 1.807) is 4.57 Å². The molecule has 1 fully saturated rings. The Morgan fingerprint density at radius 3 is 2.97 bits per heavy atom. The lowest BCUT2D eigenvalue weighted by molar-refractivity contribution is -0.102. The van der Waals surface area contributed by atoms with Crippen LogP contribution in [0.5, 0.6) is 11.6 Å². The van der Waals surface area contributed by atoms with E-state index in [1.165, 1.54) is 0 Å². The van der Waals surface area contributed by atoms with E-state index in [1.807, 2.05) is 44.2 Å². The molecule has 168 valence electrons. The maximum atomic E-state index is 12.6. The number of hydrogen-bond donors (Lipinski definition) is 1. The quantitative estimate of drug-likeness (QED) is 0.631. The summed E-state index contributed by atoms with van der Waals surface area (Å²) in [6.07, 6.45) is 0.396. The van der Waals surface area contributed by atoms with Gasteiger partial charge < -0.3 is 18.9 Å². The summed E-state index contributed by atoms with van der Waals surface area (Å²) in [5.41, 5.74) is 4.44. The van der Waals surface area contributed by atoms with E-state index in [0.717, 1.165) is 40.4 Å². The number of rotatable bonds is 6. The number of aryl methyl sites for hydroxylation is 2. The number of aromatic amines is 1. The first-order valence-electron chi connectivity index (χ1n) is 10.8. The second kappa shape index (κ2) is 8.76. The summed E-state index contributed by atoms with van der Waals surface area (Å²) in [5.74, 6) is 1.07. The van der Waals surface area contributed by atoms with Crippen LogP contribution in [0.1, 0.15) is 30.0 Å². The van der Waals surface area contributed by atoms with Gasteiger partial charge in [-0.2, -0.15) is 10.1 Å². The minimum Gasteiger partial charge on any atom is -0.484 e. The van der Waals surface area contributed by atoms with Crippen molar-refractivity contribution in [1.82, 2.24) is 19.7 Å². The van der Waals surface area contributed by atoms with Gasteiger partial charge in [-0.1, -0.05) is 0 Å². The van der Waals surface area contributed by atoms with E-state index < -0.39 is 0 Å². The van der Waals surface area contributed by atoms with E-state index in [2.05, 4.69) is 15.2 Å². The van der Waals surface area contributed by atoms with Crippen LogP contribution in [0.3, 0.4) is 0 Å². The highest BCUT2D eigenvalue weighted by molar-refractivity contribution is 5.67. The van der Waals surface area contributed by atoms with Crippen LogP contribution in [0.25, 0.3) is 11.3 Å². The van der Waals surface area contributed by atoms with Crippen LogP contribution in [0.4, 0.5) is 0 Å². The van der Waals surface area contributed by atoms with Crippen LogP contribution in [-0.4, -0.2) is 52.3 Å². The molecule has 2 atom stereocenters. The van der Waals surface area contributed by atoms with Gasteiger partial charge >= 0.3 is 5.69 Å². The smallest absolute Gasteiger partial charge is 0.351 e. The predicted octanol–water partition coefficient (Wildman–Crippen LogP) is 2.43. The van der Waals surface area contributed by atoms with Gasteiger partial charge in [0.05, 0.1) is 25.5 Å². The molecule has 1 N–H and O–H groups in total. The van der Waals surface area contributed by atoms with Gasteiger partial charge in [-0.05, 0) is 50.1 Å². The summed E-state index contributed by atoms with van der Waals surface area (Å²) in [6, 6.07) is 9.74. The molecule has 2 unspecified atom stereocenters. The van der Waals surface area contributed by atoms with E-state index in [4.69, 9.17) is 18.9 Å². The molecule has 0 saturated carbocycles. The molecule has 0 spiro atoms. The molecule has 9 heteroatoms. The molecule has 0 aliphatic carbocycles. The summed E-state index contributed by atoms with van der Waals surface area (Å²) in [5, 5.41) is 7.22. The Bertz CT molecular complexity index is 1170. The lowest BCUT2D eigenvalue weighted by atomic mass is 9.97. The van der Waals surface area contributed by atoms with E-state index in [9.17, 15) is 4.79 Å².